The lowest BCUT2D eigenvalue weighted by atomic mass is 9.96. The van der Waals surface area contributed by atoms with Crippen LogP contribution in [-0.2, 0) is 17.4 Å². The van der Waals surface area contributed by atoms with Gasteiger partial charge in [-0.1, -0.05) is 57.4 Å². The van der Waals surface area contributed by atoms with Crippen LogP contribution in [0.15, 0.2) is 70.7 Å². The highest BCUT2D eigenvalue weighted by Crippen LogP contribution is 2.31. The minimum atomic E-state index is -4.53. The second kappa shape index (κ2) is 10.1. The molecule has 33 heavy (non-hydrogen) atoms. The second-order valence-corrected chi connectivity index (χ2v) is 8.63. The monoisotopic (exact) mass is 512 g/mol. The van der Waals surface area contributed by atoms with Crippen molar-refractivity contribution in [2.45, 2.75) is 26.4 Å². The molecule has 0 saturated carbocycles. The number of hydrogen-bond acceptors (Lipinski definition) is 2. The van der Waals surface area contributed by atoms with Gasteiger partial charge < -0.3 is 5.32 Å². The van der Waals surface area contributed by atoms with Crippen molar-refractivity contribution in [3.8, 4) is 6.07 Å². The normalized spacial score (nSPS) is 11.7. The fourth-order valence-electron chi connectivity index (χ4n) is 3.53. The van der Waals surface area contributed by atoms with Crippen molar-refractivity contribution in [2.75, 3.05) is 5.32 Å². The maximum atomic E-state index is 12.9. The number of aryl methyl sites for hydroxylation is 2. The summed E-state index contributed by atoms with van der Waals surface area (Å²) in [5.74, 6) is -0.783. The van der Waals surface area contributed by atoms with E-state index in [1.807, 2.05) is 32.0 Å². The van der Waals surface area contributed by atoms with Gasteiger partial charge in [-0.2, -0.15) is 18.4 Å². The minimum absolute atomic E-state index is 0.0410. The number of carbonyl (C=O) groups is 1. The molecular weight excluding hydrogens is 493 g/mol. The number of carbonyl (C=O) groups excluding carboxylic acids is 1. The Kier molecular flexibility index (Phi) is 7.39. The lowest BCUT2D eigenvalue weighted by molar-refractivity contribution is -0.137. The van der Waals surface area contributed by atoms with Crippen molar-refractivity contribution in [3.63, 3.8) is 0 Å². The molecule has 0 saturated heterocycles. The van der Waals surface area contributed by atoms with Crippen LogP contribution >= 0.6 is 15.9 Å². The van der Waals surface area contributed by atoms with Crippen LogP contribution in [0.2, 0.25) is 0 Å². The molecule has 0 spiro atoms. The van der Waals surface area contributed by atoms with Crippen LogP contribution in [0, 0.1) is 25.2 Å². The number of rotatable bonds is 5. The number of hydrogen-bond donors (Lipinski definition) is 1. The second-order valence-electron chi connectivity index (χ2n) is 7.72. The Morgan fingerprint density at radius 1 is 1.06 bits per heavy atom. The van der Waals surface area contributed by atoms with Crippen molar-refractivity contribution in [1.29, 1.82) is 5.26 Å². The first-order chi connectivity index (χ1) is 15.5. The highest BCUT2D eigenvalue weighted by Gasteiger charge is 2.30. The number of amides is 1. The molecule has 0 heterocycles. The van der Waals surface area contributed by atoms with Gasteiger partial charge in [0, 0.05) is 10.2 Å². The Hall–Kier alpha value is -3.37. The zero-order chi connectivity index (χ0) is 24.2. The summed E-state index contributed by atoms with van der Waals surface area (Å²) in [6, 6.07) is 18.0. The van der Waals surface area contributed by atoms with Crippen LogP contribution < -0.4 is 5.32 Å². The molecule has 1 N–H and O–H groups in total. The highest BCUT2D eigenvalue weighted by atomic mass is 79.9. The molecule has 7 heteroatoms. The van der Waals surface area contributed by atoms with Gasteiger partial charge in [0.1, 0.15) is 11.6 Å². The number of anilines is 1. The lowest BCUT2D eigenvalue weighted by Gasteiger charge is -2.11. The van der Waals surface area contributed by atoms with E-state index in [1.54, 1.807) is 6.07 Å². The van der Waals surface area contributed by atoms with Crippen LogP contribution in [0.25, 0.3) is 6.08 Å². The fraction of sp³-hybridized carbons (Fsp3) is 0.154. The molecule has 3 aromatic carbocycles. The summed E-state index contributed by atoms with van der Waals surface area (Å²) >= 11 is 3.41. The van der Waals surface area contributed by atoms with E-state index in [0.29, 0.717) is 12.0 Å². The lowest BCUT2D eigenvalue weighted by Crippen LogP contribution is -2.14. The van der Waals surface area contributed by atoms with Crippen LogP contribution in [-0.4, -0.2) is 5.91 Å². The smallest absolute Gasteiger partial charge is 0.321 e. The number of nitriles is 1. The Bertz CT molecular complexity index is 1250. The molecule has 0 bridgehead atoms. The molecule has 0 aliphatic carbocycles. The van der Waals surface area contributed by atoms with E-state index >= 15 is 0 Å². The highest BCUT2D eigenvalue weighted by molar-refractivity contribution is 9.10. The van der Waals surface area contributed by atoms with Gasteiger partial charge in [-0.25, -0.2) is 0 Å². The molecule has 3 nitrogen and oxygen atoms in total. The van der Waals surface area contributed by atoms with Crippen molar-refractivity contribution in [3.05, 3.63) is 104 Å². The summed E-state index contributed by atoms with van der Waals surface area (Å²) in [5.41, 5.74) is 3.80. The standard InChI is InChI=1S/C26H20BrF3N2O/c1-16-8-17(2)10-18(9-16)11-19-6-7-23(27)13-20(19)12-21(15-31)25(33)32-24-5-3-4-22(14-24)26(28,29)30/h3-10,12-14H,11H2,1-2H3,(H,32,33)/b21-12+. The van der Waals surface area contributed by atoms with Gasteiger partial charge >= 0.3 is 6.18 Å². The average molecular weight is 513 g/mol. The van der Waals surface area contributed by atoms with E-state index in [9.17, 15) is 23.2 Å². The van der Waals surface area contributed by atoms with Gasteiger partial charge in [0.05, 0.1) is 5.56 Å². The molecule has 0 aromatic heterocycles. The SMILES string of the molecule is Cc1cc(C)cc(Cc2ccc(Br)cc2/C=C(\C#N)C(=O)Nc2cccc(C(F)(F)F)c2)c1. The minimum Gasteiger partial charge on any atom is -0.321 e. The largest absolute Gasteiger partial charge is 0.416 e. The van der Waals surface area contributed by atoms with Gasteiger partial charge in [0.2, 0.25) is 0 Å². The molecular formula is C26H20BrF3N2O. The summed E-state index contributed by atoms with van der Waals surface area (Å²) in [6.07, 6.45) is -2.49. The third kappa shape index (κ3) is 6.56. The van der Waals surface area contributed by atoms with Gasteiger partial charge in [0.25, 0.3) is 5.91 Å². The summed E-state index contributed by atoms with van der Waals surface area (Å²) in [4.78, 5) is 12.7. The molecule has 0 radical (unpaired) electrons. The number of nitrogens with zero attached hydrogens (tertiary/aromatic N) is 1. The van der Waals surface area contributed by atoms with E-state index in [-0.39, 0.29) is 11.3 Å². The van der Waals surface area contributed by atoms with E-state index in [0.717, 1.165) is 38.9 Å². The molecule has 168 valence electrons. The Labute approximate surface area is 198 Å². The van der Waals surface area contributed by atoms with Crippen LogP contribution in [0.3, 0.4) is 0 Å². The van der Waals surface area contributed by atoms with Crippen molar-refractivity contribution in [1.82, 2.24) is 0 Å². The summed E-state index contributed by atoms with van der Waals surface area (Å²) in [6.45, 7) is 4.04. The predicted octanol–water partition coefficient (Wildman–Crippen LogP) is 7.22. The van der Waals surface area contributed by atoms with Crippen LogP contribution in [0.4, 0.5) is 18.9 Å². The van der Waals surface area contributed by atoms with E-state index in [1.165, 1.54) is 18.2 Å². The number of nitrogens with one attached hydrogen (secondary N) is 1. The van der Waals surface area contributed by atoms with Crippen LogP contribution in [0.5, 0.6) is 0 Å². The van der Waals surface area contributed by atoms with Gasteiger partial charge in [-0.05, 0) is 73.4 Å². The molecule has 0 atom stereocenters. The summed E-state index contributed by atoms with van der Waals surface area (Å²) in [5, 5.41) is 12.0. The van der Waals surface area contributed by atoms with Gasteiger partial charge in [-0.3, -0.25) is 4.79 Å². The van der Waals surface area contributed by atoms with Crippen molar-refractivity contribution in [2.24, 2.45) is 0 Å². The molecule has 1 amide bonds. The number of halogens is 4. The topological polar surface area (TPSA) is 52.9 Å². The van der Waals surface area contributed by atoms with Crippen LogP contribution in [0.1, 0.15) is 33.4 Å². The molecule has 0 aliphatic heterocycles. The Morgan fingerprint density at radius 2 is 1.76 bits per heavy atom. The molecule has 0 fully saturated rings. The maximum Gasteiger partial charge on any atom is 0.416 e. The molecule has 3 aromatic rings. The molecule has 3 rings (SSSR count). The summed E-state index contributed by atoms with van der Waals surface area (Å²) < 4.78 is 39.6. The molecule has 0 aliphatic rings. The third-order valence-electron chi connectivity index (χ3n) is 4.90. The number of alkyl halides is 3. The third-order valence-corrected chi connectivity index (χ3v) is 5.39. The van der Waals surface area contributed by atoms with Gasteiger partial charge in [-0.15, -0.1) is 0 Å². The molecule has 0 unspecified atom stereocenters. The van der Waals surface area contributed by atoms with Crippen molar-refractivity contribution >= 4 is 33.6 Å². The first-order valence-corrected chi connectivity index (χ1v) is 10.8. The Morgan fingerprint density at radius 3 is 2.39 bits per heavy atom. The Balaban J connectivity index is 1.91. The maximum absolute atomic E-state index is 12.9. The average Bonchev–Trinajstić information content (AvgIpc) is 2.72. The van der Waals surface area contributed by atoms with Crippen molar-refractivity contribution < 1.29 is 18.0 Å². The number of benzene rings is 3. The predicted molar refractivity (Wildman–Crippen MR) is 127 cm³/mol. The van der Waals surface area contributed by atoms with E-state index < -0.39 is 17.6 Å². The van der Waals surface area contributed by atoms with E-state index in [2.05, 4.69) is 39.4 Å². The first kappa shape index (κ1) is 24.3. The zero-order valence-corrected chi connectivity index (χ0v) is 19.5. The fourth-order valence-corrected chi connectivity index (χ4v) is 3.91. The zero-order valence-electron chi connectivity index (χ0n) is 17.9. The summed E-state index contributed by atoms with van der Waals surface area (Å²) in [7, 11) is 0. The van der Waals surface area contributed by atoms with E-state index in [4.69, 9.17) is 0 Å². The quantitative estimate of drug-likeness (QED) is 0.289. The van der Waals surface area contributed by atoms with Gasteiger partial charge in [0.15, 0.2) is 0 Å². The first-order valence-electron chi connectivity index (χ1n) is 10.0.